The number of hydrogen-bond acceptors (Lipinski definition) is 3. The zero-order chi connectivity index (χ0) is 20.5. The third kappa shape index (κ3) is 5.33. The Balaban J connectivity index is 1.63. The number of carbonyl (C=O) groups excluding carboxylic acids is 2. The Morgan fingerprint density at radius 3 is 1.55 bits per heavy atom. The van der Waals surface area contributed by atoms with Crippen molar-refractivity contribution >= 4 is 34.4 Å². The van der Waals surface area contributed by atoms with E-state index in [1.165, 1.54) is 38.5 Å². The number of aryl methyl sites for hydroxylation is 1. The van der Waals surface area contributed by atoms with E-state index in [-0.39, 0.29) is 0 Å². The highest BCUT2D eigenvalue weighted by Gasteiger charge is 2.11. The Hall–Kier alpha value is -2.46. The van der Waals surface area contributed by atoms with Gasteiger partial charge >= 0.3 is 0 Å². The number of unbranched alkanes of at least 4 members (excludes halogenated alkanes) is 8. The second-order valence-corrected chi connectivity index (χ2v) is 7.85. The summed E-state index contributed by atoms with van der Waals surface area (Å²) in [5.74, 6) is 0. The lowest BCUT2D eigenvalue weighted by molar-refractivity contribution is 0.111. The maximum absolute atomic E-state index is 11.2. The Morgan fingerprint density at radius 2 is 1.10 bits per heavy atom. The minimum atomic E-state index is 0.315. The summed E-state index contributed by atoms with van der Waals surface area (Å²) in [6.45, 7) is 1.26. The topological polar surface area (TPSA) is 59.3 Å². The van der Waals surface area contributed by atoms with Crippen LogP contribution in [0.1, 0.15) is 78.5 Å². The molecule has 0 aliphatic rings. The number of aliphatic hydroxyl groups is 1. The summed E-state index contributed by atoms with van der Waals surface area (Å²) in [7, 11) is 0. The van der Waals surface area contributed by atoms with Gasteiger partial charge in [-0.3, -0.25) is 9.59 Å². The Kier molecular flexibility index (Phi) is 8.00. The van der Waals surface area contributed by atoms with E-state index in [1.807, 2.05) is 36.4 Å². The number of aromatic nitrogens is 1. The second kappa shape index (κ2) is 10.9. The van der Waals surface area contributed by atoms with E-state index in [0.717, 1.165) is 60.2 Å². The number of benzene rings is 2. The number of aldehydes is 2. The normalized spacial score (nSPS) is 11.3. The van der Waals surface area contributed by atoms with Crippen molar-refractivity contribution in [2.24, 2.45) is 0 Å². The van der Waals surface area contributed by atoms with Gasteiger partial charge in [0.25, 0.3) is 0 Å². The van der Waals surface area contributed by atoms with Crippen LogP contribution >= 0.6 is 0 Å². The van der Waals surface area contributed by atoms with Crippen molar-refractivity contribution in [1.29, 1.82) is 0 Å². The Labute approximate surface area is 172 Å². The van der Waals surface area contributed by atoms with E-state index < -0.39 is 0 Å². The van der Waals surface area contributed by atoms with Gasteiger partial charge in [-0.05, 0) is 49.2 Å². The highest BCUT2D eigenvalue weighted by Crippen LogP contribution is 2.31. The molecule has 0 aliphatic heterocycles. The number of hydrogen-bond donors (Lipinski definition) is 1. The van der Waals surface area contributed by atoms with Crippen LogP contribution in [-0.4, -0.2) is 28.9 Å². The standard InChI is InChI=1S/C25H31NO3/c27-15-9-7-5-3-1-2-4-6-8-14-26-24-12-10-20(18-28)16-22(24)23-17-21(19-29)11-13-25(23)26/h10-13,16-19,27H,1-9,14-15H2. The molecule has 0 unspecified atom stereocenters. The van der Waals surface area contributed by atoms with Crippen molar-refractivity contribution in [3.63, 3.8) is 0 Å². The van der Waals surface area contributed by atoms with Crippen molar-refractivity contribution in [3.8, 4) is 0 Å². The summed E-state index contributed by atoms with van der Waals surface area (Å²) >= 11 is 0. The fourth-order valence-corrected chi connectivity index (χ4v) is 4.15. The van der Waals surface area contributed by atoms with Crippen LogP contribution in [0.15, 0.2) is 36.4 Å². The molecule has 0 amide bonds. The van der Waals surface area contributed by atoms with Gasteiger partial charge in [-0.25, -0.2) is 0 Å². The maximum atomic E-state index is 11.2. The van der Waals surface area contributed by atoms with Gasteiger partial charge in [0.05, 0.1) is 0 Å². The zero-order valence-electron chi connectivity index (χ0n) is 17.1. The largest absolute Gasteiger partial charge is 0.396 e. The van der Waals surface area contributed by atoms with Crippen LogP contribution in [0.5, 0.6) is 0 Å². The van der Waals surface area contributed by atoms with Crippen LogP contribution in [0.2, 0.25) is 0 Å². The molecule has 1 aromatic heterocycles. The average molecular weight is 394 g/mol. The predicted molar refractivity (Wildman–Crippen MR) is 119 cm³/mol. The van der Waals surface area contributed by atoms with Crippen molar-refractivity contribution in [3.05, 3.63) is 47.5 Å². The molecule has 0 spiro atoms. The summed E-state index contributed by atoms with van der Waals surface area (Å²) in [6.07, 6.45) is 12.4. The lowest BCUT2D eigenvalue weighted by atomic mass is 10.1. The highest BCUT2D eigenvalue weighted by atomic mass is 16.2. The summed E-state index contributed by atoms with van der Waals surface area (Å²) in [4.78, 5) is 22.4. The lowest BCUT2D eigenvalue weighted by Gasteiger charge is -2.08. The van der Waals surface area contributed by atoms with Crippen molar-refractivity contribution in [2.75, 3.05) is 6.61 Å². The van der Waals surface area contributed by atoms with Gasteiger partial charge in [0, 0.05) is 46.1 Å². The SMILES string of the molecule is O=Cc1ccc2c(c1)c1cc(C=O)ccc1n2CCCCCCCCCCCO. The Morgan fingerprint density at radius 1 is 0.655 bits per heavy atom. The predicted octanol–water partition coefficient (Wildman–Crippen LogP) is 5.92. The lowest BCUT2D eigenvalue weighted by Crippen LogP contribution is -1.98. The molecule has 0 bridgehead atoms. The van der Waals surface area contributed by atoms with Crippen LogP contribution in [0.3, 0.4) is 0 Å². The molecule has 3 rings (SSSR count). The van der Waals surface area contributed by atoms with Gasteiger partial charge < -0.3 is 9.67 Å². The molecule has 0 saturated carbocycles. The van der Waals surface area contributed by atoms with Gasteiger partial charge in [-0.2, -0.15) is 0 Å². The first-order chi connectivity index (χ1) is 14.3. The first-order valence-electron chi connectivity index (χ1n) is 10.9. The van der Waals surface area contributed by atoms with Crippen LogP contribution in [0.4, 0.5) is 0 Å². The molecule has 154 valence electrons. The molecule has 4 heteroatoms. The van der Waals surface area contributed by atoms with Crippen LogP contribution < -0.4 is 0 Å². The molecular formula is C25H31NO3. The smallest absolute Gasteiger partial charge is 0.150 e. The molecule has 0 saturated heterocycles. The fraction of sp³-hybridized carbons (Fsp3) is 0.440. The fourth-order valence-electron chi connectivity index (χ4n) is 4.15. The number of aliphatic hydroxyl groups excluding tert-OH is 1. The molecule has 3 aromatic rings. The van der Waals surface area contributed by atoms with E-state index in [0.29, 0.717) is 17.7 Å². The van der Waals surface area contributed by atoms with E-state index in [1.54, 1.807) is 0 Å². The van der Waals surface area contributed by atoms with Gasteiger partial charge in [-0.15, -0.1) is 0 Å². The average Bonchev–Trinajstić information content (AvgIpc) is 3.07. The first kappa shape index (κ1) is 21.3. The van der Waals surface area contributed by atoms with Crippen LogP contribution in [0, 0.1) is 0 Å². The number of carbonyl (C=O) groups is 2. The maximum Gasteiger partial charge on any atom is 0.150 e. The second-order valence-electron chi connectivity index (χ2n) is 7.85. The quantitative estimate of drug-likeness (QED) is 0.289. The van der Waals surface area contributed by atoms with Crippen molar-refractivity contribution < 1.29 is 14.7 Å². The summed E-state index contributed by atoms with van der Waals surface area (Å²) < 4.78 is 2.32. The van der Waals surface area contributed by atoms with Crippen molar-refractivity contribution in [2.45, 2.75) is 64.3 Å². The molecule has 1 heterocycles. The minimum Gasteiger partial charge on any atom is -0.396 e. The highest BCUT2D eigenvalue weighted by molar-refractivity contribution is 6.10. The monoisotopic (exact) mass is 393 g/mol. The number of nitrogens with zero attached hydrogens (tertiary/aromatic N) is 1. The van der Waals surface area contributed by atoms with Gasteiger partial charge in [0.1, 0.15) is 12.6 Å². The molecule has 0 radical (unpaired) electrons. The third-order valence-electron chi connectivity index (χ3n) is 5.72. The number of rotatable bonds is 13. The molecule has 4 nitrogen and oxygen atoms in total. The molecule has 1 N–H and O–H groups in total. The van der Waals surface area contributed by atoms with Gasteiger partial charge in [0.15, 0.2) is 0 Å². The van der Waals surface area contributed by atoms with Gasteiger partial charge in [0.2, 0.25) is 0 Å². The summed E-state index contributed by atoms with van der Waals surface area (Å²) in [6, 6.07) is 11.6. The van der Waals surface area contributed by atoms with E-state index in [4.69, 9.17) is 5.11 Å². The van der Waals surface area contributed by atoms with E-state index in [2.05, 4.69) is 4.57 Å². The summed E-state index contributed by atoms with van der Waals surface area (Å²) in [5.41, 5.74) is 3.56. The first-order valence-corrected chi connectivity index (χ1v) is 10.9. The molecular weight excluding hydrogens is 362 g/mol. The zero-order valence-corrected chi connectivity index (χ0v) is 17.1. The molecule has 0 atom stereocenters. The van der Waals surface area contributed by atoms with Crippen molar-refractivity contribution in [1.82, 2.24) is 4.57 Å². The van der Waals surface area contributed by atoms with E-state index >= 15 is 0 Å². The summed E-state index contributed by atoms with van der Waals surface area (Å²) in [5, 5.41) is 10.9. The molecule has 0 fully saturated rings. The minimum absolute atomic E-state index is 0.315. The van der Waals surface area contributed by atoms with Gasteiger partial charge in [-0.1, -0.05) is 44.9 Å². The Bertz CT molecular complexity index is 892. The van der Waals surface area contributed by atoms with Crippen LogP contribution in [-0.2, 0) is 6.54 Å². The molecule has 29 heavy (non-hydrogen) atoms. The van der Waals surface area contributed by atoms with E-state index in [9.17, 15) is 9.59 Å². The van der Waals surface area contributed by atoms with Crippen LogP contribution in [0.25, 0.3) is 21.8 Å². The molecule has 0 aliphatic carbocycles. The third-order valence-corrected chi connectivity index (χ3v) is 5.72. The molecule has 2 aromatic carbocycles. The number of fused-ring (bicyclic) bond motifs is 3.